The number of benzene rings is 1. The second-order valence-corrected chi connectivity index (χ2v) is 6.36. The van der Waals surface area contributed by atoms with Gasteiger partial charge in [0, 0.05) is 20.2 Å². The molecule has 0 bridgehead atoms. The van der Waals surface area contributed by atoms with Crippen molar-refractivity contribution in [2.75, 3.05) is 33.4 Å². The van der Waals surface area contributed by atoms with Gasteiger partial charge in [-0.15, -0.1) is 0 Å². The number of nitrogens with two attached hydrogens (primary N) is 1. The van der Waals surface area contributed by atoms with E-state index in [1.165, 1.54) is 23.5 Å². The van der Waals surface area contributed by atoms with E-state index in [0.717, 1.165) is 6.07 Å². The summed E-state index contributed by atoms with van der Waals surface area (Å²) >= 11 is 0. The van der Waals surface area contributed by atoms with Crippen molar-refractivity contribution in [1.82, 2.24) is 4.31 Å². The minimum atomic E-state index is -3.74. The second-order valence-electron chi connectivity index (χ2n) is 4.45. The number of hydrogen-bond donors (Lipinski definition) is 1. The maximum Gasteiger partial charge on any atom is 0.243 e. The molecule has 114 valence electrons. The molecule has 0 saturated heterocycles. The predicted octanol–water partition coefficient (Wildman–Crippen LogP) is 1.12. The number of nitrogens with zero attached hydrogens (tertiary/aromatic N) is 1. The maximum atomic E-state index is 13.3. The van der Waals surface area contributed by atoms with Gasteiger partial charge >= 0.3 is 0 Å². The quantitative estimate of drug-likeness (QED) is 0.781. The summed E-state index contributed by atoms with van der Waals surface area (Å²) in [6.45, 7) is 2.82. The first-order valence-corrected chi connectivity index (χ1v) is 7.82. The van der Waals surface area contributed by atoms with Crippen LogP contribution >= 0.6 is 0 Å². The van der Waals surface area contributed by atoms with E-state index < -0.39 is 15.8 Å². The topological polar surface area (TPSA) is 72.6 Å². The zero-order chi connectivity index (χ0) is 15.2. The average Bonchev–Trinajstić information content (AvgIpc) is 2.41. The number of methoxy groups -OCH3 is 1. The first-order chi connectivity index (χ1) is 9.43. The number of hydrogen-bond acceptors (Lipinski definition) is 4. The van der Waals surface area contributed by atoms with Crippen molar-refractivity contribution in [1.29, 1.82) is 0 Å². The van der Waals surface area contributed by atoms with Crippen LogP contribution in [0.5, 0.6) is 0 Å². The lowest BCUT2D eigenvalue weighted by Crippen LogP contribution is -2.36. The molecule has 0 aromatic heterocycles. The van der Waals surface area contributed by atoms with Gasteiger partial charge in [0.15, 0.2) is 0 Å². The van der Waals surface area contributed by atoms with Gasteiger partial charge in [0.1, 0.15) is 5.82 Å². The maximum absolute atomic E-state index is 13.3. The minimum Gasteiger partial charge on any atom is -0.383 e. The summed E-state index contributed by atoms with van der Waals surface area (Å²) in [5, 5.41) is 0. The zero-order valence-electron chi connectivity index (χ0n) is 11.8. The normalized spacial score (nSPS) is 12.1. The van der Waals surface area contributed by atoms with Crippen molar-refractivity contribution in [3.05, 3.63) is 29.6 Å². The third-order valence-electron chi connectivity index (χ3n) is 2.92. The Morgan fingerprint density at radius 2 is 2.05 bits per heavy atom. The van der Waals surface area contributed by atoms with Crippen molar-refractivity contribution in [2.45, 2.75) is 18.2 Å². The molecule has 0 radical (unpaired) electrons. The van der Waals surface area contributed by atoms with Crippen molar-refractivity contribution < 1.29 is 17.5 Å². The third-order valence-corrected chi connectivity index (χ3v) is 4.97. The first kappa shape index (κ1) is 17.0. The Morgan fingerprint density at radius 1 is 1.35 bits per heavy atom. The highest BCUT2D eigenvalue weighted by molar-refractivity contribution is 7.89. The SMILES string of the molecule is COCCN(CCCN)S(=O)(=O)c1cc(F)ccc1C. The van der Waals surface area contributed by atoms with E-state index in [9.17, 15) is 12.8 Å². The molecule has 2 N–H and O–H groups in total. The highest BCUT2D eigenvalue weighted by Gasteiger charge is 2.25. The zero-order valence-corrected chi connectivity index (χ0v) is 12.6. The molecular formula is C13H21FN2O3S. The van der Waals surface area contributed by atoms with Crippen LogP contribution in [0, 0.1) is 12.7 Å². The van der Waals surface area contributed by atoms with E-state index in [1.807, 2.05) is 0 Å². The third kappa shape index (κ3) is 4.24. The summed E-state index contributed by atoms with van der Waals surface area (Å²) < 4.78 is 44.7. The molecule has 7 heteroatoms. The number of aryl methyl sites for hydroxylation is 1. The van der Waals surface area contributed by atoms with E-state index >= 15 is 0 Å². The van der Waals surface area contributed by atoms with E-state index in [0.29, 0.717) is 18.5 Å². The van der Waals surface area contributed by atoms with Crippen LogP contribution in [0.4, 0.5) is 4.39 Å². The van der Waals surface area contributed by atoms with Crippen LogP contribution in [-0.4, -0.2) is 46.1 Å². The van der Waals surface area contributed by atoms with E-state index in [4.69, 9.17) is 10.5 Å². The lowest BCUT2D eigenvalue weighted by atomic mass is 10.2. The standard InChI is InChI=1S/C13H21FN2O3S/c1-11-4-5-12(14)10-13(11)20(17,18)16(7-3-6-15)8-9-19-2/h4-5,10H,3,6-9,15H2,1-2H3. The fourth-order valence-electron chi connectivity index (χ4n) is 1.80. The smallest absolute Gasteiger partial charge is 0.243 e. The second kappa shape index (κ2) is 7.68. The lowest BCUT2D eigenvalue weighted by molar-refractivity contribution is 0.178. The Kier molecular flexibility index (Phi) is 6.54. The van der Waals surface area contributed by atoms with Crippen LogP contribution < -0.4 is 5.73 Å². The molecule has 0 fully saturated rings. The fourth-order valence-corrected chi connectivity index (χ4v) is 3.50. The van der Waals surface area contributed by atoms with E-state index in [1.54, 1.807) is 6.92 Å². The monoisotopic (exact) mass is 304 g/mol. The van der Waals surface area contributed by atoms with E-state index in [-0.39, 0.29) is 24.6 Å². The van der Waals surface area contributed by atoms with Crippen LogP contribution in [0.1, 0.15) is 12.0 Å². The molecule has 0 heterocycles. The molecule has 0 amide bonds. The van der Waals surface area contributed by atoms with Gasteiger partial charge in [0.25, 0.3) is 0 Å². The molecule has 1 aromatic carbocycles. The molecule has 0 aliphatic carbocycles. The van der Waals surface area contributed by atoms with Crippen LogP contribution in [0.3, 0.4) is 0 Å². The molecule has 0 unspecified atom stereocenters. The fraction of sp³-hybridized carbons (Fsp3) is 0.538. The summed E-state index contributed by atoms with van der Waals surface area (Å²) in [5.74, 6) is -0.570. The van der Waals surface area contributed by atoms with E-state index in [2.05, 4.69) is 0 Å². The first-order valence-electron chi connectivity index (χ1n) is 6.38. The summed E-state index contributed by atoms with van der Waals surface area (Å²) in [6, 6.07) is 3.75. The lowest BCUT2D eigenvalue weighted by Gasteiger charge is -2.22. The van der Waals surface area contributed by atoms with Crippen LogP contribution in [0.15, 0.2) is 23.1 Å². The number of ether oxygens (including phenoxy) is 1. The highest BCUT2D eigenvalue weighted by atomic mass is 32.2. The summed E-state index contributed by atoms with van der Waals surface area (Å²) in [6.07, 6.45) is 0.539. The van der Waals surface area contributed by atoms with Crippen molar-refractivity contribution >= 4 is 10.0 Å². The summed E-state index contributed by atoms with van der Waals surface area (Å²) in [4.78, 5) is -0.00868. The molecule has 0 aliphatic heterocycles. The van der Waals surface area contributed by atoms with Gasteiger partial charge in [-0.1, -0.05) is 6.07 Å². The number of sulfonamides is 1. The van der Waals surface area contributed by atoms with Gasteiger partial charge in [-0.3, -0.25) is 0 Å². The Bertz CT molecular complexity index is 526. The van der Waals surface area contributed by atoms with Gasteiger partial charge in [0.05, 0.1) is 11.5 Å². The molecule has 5 nitrogen and oxygen atoms in total. The molecule has 20 heavy (non-hydrogen) atoms. The molecule has 1 rings (SSSR count). The molecule has 1 aromatic rings. The Balaban J connectivity index is 3.10. The number of halogens is 1. The van der Waals surface area contributed by atoms with Gasteiger partial charge in [-0.2, -0.15) is 4.31 Å². The minimum absolute atomic E-state index is 0.00868. The average molecular weight is 304 g/mol. The Hall–Kier alpha value is -1.02. The molecule has 0 aliphatic rings. The van der Waals surface area contributed by atoms with Crippen LogP contribution in [-0.2, 0) is 14.8 Å². The van der Waals surface area contributed by atoms with Crippen molar-refractivity contribution in [3.63, 3.8) is 0 Å². The predicted molar refractivity (Wildman–Crippen MR) is 75.4 cm³/mol. The van der Waals surface area contributed by atoms with Crippen molar-refractivity contribution in [3.8, 4) is 0 Å². The van der Waals surface area contributed by atoms with Crippen LogP contribution in [0.2, 0.25) is 0 Å². The highest BCUT2D eigenvalue weighted by Crippen LogP contribution is 2.21. The molecule has 0 saturated carbocycles. The van der Waals surface area contributed by atoms with Gasteiger partial charge in [0.2, 0.25) is 10.0 Å². The molecule has 0 atom stereocenters. The molecular weight excluding hydrogens is 283 g/mol. The summed E-state index contributed by atoms with van der Waals surface area (Å²) in [7, 11) is -2.24. The molecule has 0 spiro atoms. The van der Waals surface area contributed by atoms with Crippen LogP contribution in [0.25, 0.3) is 0 Å². The van der Waals surface area contributed by atoms with Crippen molar-refractivity contribution in [2.24, 2.45) is 5.73 Å². The largest absolute Gasteiger partial charge is 0.383 e. The Labute approximate surface area is 119 Å². The summed E-state index contributed by atoms with van der Waals surface area (Å²) in [5.41, 5.74) is 5.94. The van der Waals surface area contributed by atoms with Gasteiger partial charge < -0.3 is 10.5 Å². The van der Waals surface area contributed by atoms with Gasteiger partial charge in [-0.25, -0.2) is 12.8 Å². The van der Waals surface area contributed by atoms with Gasteiger partial charge in [-0.05, 0) is 37.6 Å². The number of rotatable bonds is 8. The Morgan fingerprint density at radius 3 is 2.65 bits per heavy atom.